The Morgan fingerprint density at radius 2 is 2.22 bits per heavy atom. The van der Waals surface area contributed by atoms with Gasteiger partial charge in [0.15, 0.2) is 0 Å². The van der Waals surface area contributed by atoms with Crippen LogP contribution in [0.4, 0.5) is 4.79 Å². The molecule has 0 aliphatic carbocycles. The van der Waals surface area contributed by atoms with E-state index in [1.807, 2.05) is 25.1 Å². The topological polar surface area (TPSA) is 82.5 Å². The molecule has 0 radical (unpaired) electrons. The molecule has 18 heavy (non-hydrogen) atoms. The molecule has 1 unspecified atom stereocenters. The minimum Gasteiger partial charge on any atom is -0.481 e. The zero-order chi connectivity index (χ0) is 13.1. The molecule has 0 spiro atoms. The van der Waals surface area contributed by atoms with Crippen molar-refractivity contribution in [3.63, 3.8) is 0 Å². The summed E-state index contributed by atoms with van der Waals surface area (Å²) in [6.07, 6.45) is 1.67. The van der Waals surface area contributed by atoms with Gasteiger partial charge >= 0.3 is 12.0 Å². The minimum atomic E-state index is -0.850. The highest BCUT2D eigenvalue weighted by Crippen LogP contribution is 2.17. The number of pyridine rings is 1. The van der Waals surface area contributed by atoms with Gasteiger partial charge in [0.25, 0.3) is 0 Å². The molecule has 2 amide bonds. The summed E-state index contributed by atoms with van der Waals surface area (Å²) in [5.74, 6) is -1.28. The van der Waals surface area contributed by atoms with Crippen molar-refractivity contribution in [3.8, 4) is 0 Å². The molecule has 6 heteroatoms. The number of aromatic nitrogens is 1. The maximum absolute atomic E-state index is 11.8. The van der Waals surface area contributed by atoms with Gasteiger partial charge in [-0.3, -0.25) is 9.78 Å². The fourth-order valence-corrected chi connectivity index (χ4v) is 1.78. The first kappa shape index (κ1) is 12.3. The molecule has 2 heterocycles. The minimum absolute atomic E-state index is 0.192. The Kier molecular flexibility index (Phi) is 3.45. The molecule has 1 aliphatic rings. The Labute approximate surface area is 105 Å². The predicted octanol–water partition coefficient (Wildman–Crippen LogP) is 0.869. The Bertz CT molecular complexity index is 443. The number of nitrogens with zero attached hydrogens (tertiary/aromatic N) is 2. The summed E-state index contributed by atoms with van der Waals surface area (Å²) in [5.41, 5.74) is 0.779. The average molecular weight is 249 g/mol. The molecule has 2 N–H and O–H groups in total. The van der Waals surface area contributed by atoms with Crippen LogP contribution in [-0.4, -0.2) is 40.1 Å². The predicted molar refractivity (Wildman–Crippen MR) is 63.9 cm³/mol. The summed E-state index contributed by atoms with van der Waals surface area (Å²) in [6, 6.07) is 5.06. The molecule has 1 aliphatic heterocycles. The van der Waals surface area contributed by atoms with E-state index in [-0.39, 0.29) is 25.2 Å². The van der Waals surface area contributed by atoms with Gasteiger partial charge in [0, 0.05) is 19.3 Å². The smallest absolute Gasteiger partial charge is 0.317 e. The third-order valence-corrected chi connectivity index (χ3v) is 2.99. The van der Waals surface area contributed by atoms with E-state index < -0.39 is 11.9 Å². The van der Waals surface area contributed by atoms with Gasteiger partial charge in [0.2, 0.25) is 0 Å². The summed E-state index contributed by atoms with van der Waals surface area (Å²) in [5, 5.41) is 11.5. The largest absolute Gasteiger partial charge is 0.481 e. The van der Waals surface area contributed by atoms with E-state index in [0.717, 1.165) is 5.69 Å². The fourth-order valence-electron chi connectivity index (χ4n) is 1.78. The van der Waals surface area contributed by atoms with Crippen LogP contribution in [0, 0.1) is 5.92 Å². The molecular weight excluding hydrogens is 234 g/mol. The normalized spacial score (nSPS) is 16.8. The molecule has 0 bridgehead atoms. The van der Waals surface area contributed by atoms with E-state index >= 15 is 0 Å². The van der Waals surface area contributed by atoms with E-state index in [4.69, 9.17) is 5.11 Å². The van der Waals surface area contributed by atoms with Crippen LogP contribution in [0.5, 0.6) is 0 Å². The van der Waals surface area contributed by atoms with Crippen molar-refractivity contribution in [2.24, 2.45) is 5.92 Å². The number of hydrogen-bond donors (Lipinski definition) is 2. The van der Waals surface area contributed by atoms with Crippen LogP contribution in [-0.2, 0) is 4.79 Å². The van der Waals surface area contributed by atoms with Gasteiger partial charge in [-0.2, -0.15) is 0 Å². The van der Waals surface area contributed by atoms with Crippen LogP contribution in [0.25, 0.3) is 0 Å². The zero-order valence-electron chi connectivity index (χ0n) is 10.0. The lowest BCUT2D eigenvalue weighted by molar-refractivity contribution is -0.146. The molecule has 0 saturated carbocycles. The number of rotatable bonds is 3. The quantitative estimate of drug-likeness (QED) is 0.832. The Morgan fingerprint density at radius 3 is 2.78 bits per heavy atom. The lowest BCUT2D eigenvalue weighted by Crippen LogP contribution is -2.56. The second-order valence-electron chi connectivity index (χ2n) is 4.37. The highest BCUT2D eigenvalue weighted by molar-refractivity contribution is 5.79. The van der Waals surface area contributed by atoms with Crippen molar-refractivity contribution >= 4 is 12.0 Å². The summed E-state index contributed by atoms with van der Waals surface area (Å²) in [6.45, 7) is 2.39. The number of carbonyl (C=O) groups excluding carboxylic acids is 1. The summed E-state index contributed by atoms with van der Waals surface area (Å²) in [4.78, 5) is 28.0. The molecule has 1 fully saturated rings. The molecule has 1 aromatic rings. The molecule has 2 rings (SSSR count). The summed E-state index contributed by atoms with van der Waals surface area (Å²) in [7, 11) is 0. The van der Waals surface area contributed by atoms with Gasteiger partial charge in [-0.15, -0.1) is 0 Å². The van der Waals surface area contributed by atoms with Crippen molar-refractivity contribution in [3.05, 3.63) is 30.1 Å². The molecule has 6 nitrogen and oxygen atoms in total. The van der Waals surface area contributed by atoms with Crippen molar-refractivity contribution in [2.45, 2.75) is 13.0 Å². The standard InChI is InChI=1S/C12H15N3O3/c1-8(10-4-2-3-5-13-10)14-12(18)15-6-9(7-15)11(16)17/h2-5,8-9H,6-7H2,1H3,(H,14,18)(H,16,17). The third kappa shape index (κ3) is 2.58. The van der Waals surface area contributed by atoms with Crippen LogP contribution in [0.15, 0.2) is 24.4 Å². The van der Waals surface area contributed by atoms with Crippen LogP contribution < -0.4 is 5.32 Å². The monoisotopic (exact) mass is 249 g/mol. The van der Waals surface area contributed by atoms with Gasteiger partial charge in [0.1, 0.15) is 0 Å². The highest BCUT2D eigenvalue weighted by Gasteiger charge is 2.35. The number of likely N-dealkylation sites (tertiary alicyclic amines) is 1. The second-order valence-corrected chi connectivity index (χ2v) is 4.37. The number of urea groups is 1. The number of carboxylic acid groups (broad SMARTS) is 1. The van der Waals surface area contributed by atoms with Crippen LogP contribution in [0.3, 0.4) is 0 Å². The Morgan fingerprint density at radius 1 is 1.50 bits per heavy atom. The van der Waals surface area contributed by atoms with E-state index in [1.54, 1.807) is 6.20 Å². The number of carbonyl (C=O) groups is 2. The van der Waals surface area contributed by atoms with Crippen molar-refractivity contribution in [1.82, 2.24) is 15.2 Å². The maximum atomic E-state index is 11.8. The second kappa shape index (κ2) is 5.03. The van der Waals surface area contributed by atoms with Crippen molar-refractivity contribution in [1.29, 1.82) is 0 Å². The zero-order valence-corrected chi connectivity index (χ0v) is 10.0. The molecule has 1 atom stereocenters. The number of carboxylic acids is 1. The average Bonchev–Trinajstić information content (AvgIpc) is 2.27. The van der Waals surface area contributed by atoms with Gasteiger partial charge in [-0.25, -0.2) is 4.79 Å². The molecule has 1 aromatic heterocycles. The van der Waals surface area contributed by atoms with Gasteiger partial charge in [-0.05, 0) is 19.1 Å². The van der Waals surface area contributed by atoms with Gasteiger partial charge < -0.3 is 15.3 Å². The van der Waals surface area contributed by atoms with Crippen LogP contribution in [0.1, 0.15) is 18.7 Å². The van der Waals surface area contributed by atoms with E-state index in [0.29, 0.717) is 0 Å². The summed E-state index contributed by atoms with van der Waals surface area (Å²) < 4.78 is 0. The lowest BCUT2D eigenvalue weighted by atomic mass is 10.0. The number of hydrogen-bond acceptors (Lipinski definition) is 3. The first-order valence-electron chi connectivity index (χ1n) is 5.77. The number of nitrogens with one attached hydrogen (secondary N) is 1. The van der Waals surface area contributed by atoms with E-state index in [2.05, 4.69) is 10.3 Å². The highest BCUT2D eigenvalue weighted by atomic mass is 16.4. The van der Waals surface area contributed by atoms with Crippen LogP contribution in [0.2, 0.25) is 0 Å². The number of aliphatic carboxylic acids is 1. The molecule has 1 saturated heterocycles. The lowest BCUT2D eigenvalue weighted by Gasteiger charge is -2.37. The first-order chi connectivity index (χ1) is 8.58. The SMILES string of the molecule is CC(NC(=O)N1CC(C(=O)O)C1)c1ccccn1. The maximum Gasteiger partial charge on any atom is 0.317 e. The molecule has 96 valence electrons. The van der Waals surface area contributed by atoms with E-state index in [9.17, 15) is 9.59 Å². The third-order valence-electron chi connectivity index (χ3n) is 2.99. The Hall–Kier alpha value is -2.11. The van der Waals surface area contributed by atoms with Crippen molar-refractivity contribution < 1.29 is 14.7 Å². The van der Waals surface area contributed by atoms with E-state index in [1.165, 1.54) is 4.90 Å². The number of amides is 2. The van der Waals surface area contributed by atoms with Crippen molar-refractivity contribution in [2.75, 3.05) is 13.1 Å². The van der Waals surface area contributed by atoms with Crippen LogP contribution >= 0.6 is 0 Å². The first-order valence-corrected chi connectivity index (χ1v) is 5.77. The molecule has 0 aromatic carbocycles. The summed E-state index contributed by atoms with van der Waals surface area (Å²) >= 11 is 0. The van der Waals surface area contributed by atoms with Gasteiger partial charge in [0.05, 0.1) is 17.7 Å². The van der Waals surface area contributed by atoms with Gasteiger partial charge in [-0.1, -0.05) is 6.07 Å². The fraction of sp³-hybridized carbons (Fsp3) is 0.417. The Balaban J connectivity index is 1.84. The molecular formula is C12H15N3O3.